The highest BCUT2D eigenvalue weighted by atomic mass is 16.4. The van der Waals surface area contributed by atoms with Gasteiger partial charge in [-0.3, -0.25) is 4.79 Å². The lowest BCUT2D eigenvalue weighted by molar-refractivity contribution is -0.138. The average molecular weight is 247 g/mol. The largest absolute Gasteiger partial charge is 0.481 e. The summed E-state index contributed by atoms with van der Waals surface area (Å²) >= 11 is 0. The fraction of sp³-hybridized carbons (Fsp3) is 0.533. The van der Waals surface area contributed by atoms with E-state index in [0.29, 0.717) is 5.92 Å². The molecule has 1 aromatic rings. The first kappa shape index (κ1) is 12.9. The van der Waals surface area contributed by atoms with Crippen LogP contribution in [0, 0.1) is 11.8 Å². The lowest BCUT2D eigenvalue weighted by Crippen LogP contribution is -2.11. The molecule has 1 aliphatic rings. The molecule has 0 amide bonds. The third-order valence-corrected chi connectivity index (χ3v) is 3.56. The van der Waals surface area contributed by atoms with Gasteiger partial charge < -0.3 is 10.4 Å². The molecular formula is C15H21NO2. The summed E-state index contributed by atoms with van der Waals surface area (Å²) < 4.78 is 0. The van der Waals surface area contributed by atoms with E-state index in [9.17, 15) is 4.79 Å². The summed E-state index contributed by atoms with van der Waals surface area (Å²) in [6.07, 6.45) is 0.808. The van der Waals surface area contributed by atoms with E-state index in [1.807, 2.05) is 0 Å². The molecule has 0 saturated heterocycles. The van der Waals surface area contributed by atoms with Crippen LogP contribution in [0.4, 0.5) is 5.69 Å². The van der Waals surface area contributed by atoms with Gasteiger partial charge in [-0.2, -0.15) is 0 Å². The number of carboxylic acids is 1. The van der Waals surface area contributed by atoms with Crippen LogP contribution in [-0.2, 0) is 10.2 Å². The fourth-order valence-corrected chi connectivity index (χ4v) is 2.11. The molecule has 1 aliphatic carbocycles. The molecular weight excluding hydrogens is 226 g/mol. The minimum Gasteiger partial charge on any atom is -0.481 e. The number of anilines is 1. The molecule has 2 atom stereocenters. The SMILES string of the molecule is CC(C)(C)c1ccc(NCC2CC2C(=O)O)cc1. The highest BCUT2D eigenvalue weighted by molar-refractivity contribution is 5.73. The number of hydrogen-bond acceptors (Lipinski definition) is 2. The third-order valence-electron chi connectivity index (χ3n) is 3.56. The number of nitrogens with one attached hydrogen (secondary N) is 1. The van der Waals surface area contributed by atoms with Crippen LogP contribution in [0.1, 0.15) is 32.8 Å². The molecule has 0 aliphatic heterocycles. The first-order chi connectivity index (χ1) is 8.38. The molecule has 2 rings (SSSR count). The molecule has 0 aromatic heterocycles. The molecule has 1 aromatic carbocycles. The van der Waals surface area contributed by atoms with E-state index in [1.54, 1.807) is 0 Å². The van der Waals surface area contributed by atoms with Crippen LogP contribution in [0.3, 0.4) is 0 Å². The van der Waals surface area contributed by atoms with Crippen molar-refractivity contribution in [2.75, 3.05) is 11.9 Å². The molecule has 2 unspecified atom stereocenters. The average Bonchev–Trinajstić information content (AvgIpc) is 3.05. The minimum atomic E-state index is -0.662. The van der Waals surface area contributed by atoms with Crippen molar-refractivity contribution in [2.24, 2.45) is 11.8 Å². The molecule has 1 fully saturated rings. The number of carboxylic acid groups (broad SMARTS) is 1. The van der Waals surface area contributed by atoms with Crippen LogP contribution < -0.4 is 5.32 Å². The number of hydrogen-bond donors (Lipinski definition) is 2. The summed E-state index contributed by atoms with van der Waals surface area (Å²) in [6.45, 7) is 7.33. The predicted octanol–water partition coefficient (Wildman–Crippen LogP) is 3.12. The summed E-state index contributed by atoms with van der Waals surface area (Å²) in [5, 5.41) is 12.1. The van der Waals surface area contributed by atoms with E-state index in [-0.39, 0.29) is 11.3 Å². The molecule has 0 bridgehead atoms. The zero-order valence-corrected chi connectivity index (χ0v) is 11.2. The van der Waals surface area contributed by atoms with E-state index in [0.717, 1.165) is 18.7 Å². The van der Waals surface area contributed by atoms with Gasteiger partial charge in [-0.05, 0) is 35.4 Å². The Bertz CT molecular complexity index is 431. The number of aliphatic carboxylic acids is 1. The first-order valence-corrected chi connectivity index (χ1v) is 6.45. The Morgan fingerprint density at radius 1 is 1.33 bits per heavy atom. The van der Waals surface area contributed by atoms with Crippen molar-refractivity contribution >= 4 is 11.7 Å². The summed E-state index contributed by atoms with van der Waals surface area (Å²) in [7, 11) is 0. The van der Waals surface area contributed by atoms with Gasteiger partial charge in [0.1, 0.15) is 0 Å². The lowest BCUT2D eigenvalue weighted by atomic mass is 9.87. The third kappa shape index (κ3) is 3.03. The van der Waals surface area contributed by atoms with E-state index < -0.39 is 5.97 Å². The predicted molar refractivity (Wildman–Crippen MR) is 72.9 cm³/mol. The smallest absolute Gasteiger partial charge is 0.306 e. The maximum absolute atomic E-state index is 10.7. The van der Waals surface area contributed by atoms with E-state index in [4.69, 9.17) is 5.11 Å². The summed E-state index contributed by atoms with van der Waals surface area (Å²) in [5.41, 5.74) is 2.55. The summed E-state index contributed by atoms with van der Waals surface area (Å²) in [6, 6.07) is 8.39. The lowest BCUT2D eigenvalue weighted by Gasteiger charge is -2.19. The summed E-state index contributed by atoms with van der Waals surface area (Å²) in [5.74, 6) is -0.499. The van der Waals surface area contributed by atoms with E-state index in [1.165, 1.54) is 5.56 Å². The van der Waals surface area contributed by atoms with Gasteiger partial charge in [-0.1, -0.05) is 32.9 Å². The van der Waals surface area contributed by atoms with Crippen LogP contribution >= 0.6 is 0 Å². The van der Waals surface area contributed by atoms with Gasteiger partial charge >= 0.3 is 5.97 Å². The Balaban J connectivity index is 1.86. The topological polar surface area (TPSA) is 49.3 Å². The molecule has 3 nitrogen and oxygen atoms in total. The Hall–Kier alpha value is -1.51. The molecule has 0 radical (unpaired) electrons. The monoisotopic (exact) mass is 247 g/mol. The van der Waals surface area contributed by atoms with Gasteiger partial charge in [0.25, 0.3) is 0 Å². The zero-order valence-electron chi connectivity index (χ0n) is 11.2. The van der Waals surface area contributed by atoms with Crippen molar-refractivity contribution in [3.05, 3.63) is 29.8 Å². The van der Waals surface area contributed by atoms with Crippen molar-refractivity contribution in [1.82, 2.24) is 0 Å². The number of carbonyl (C=O) groups is 1. The van der Waals surface area contributed by atoms with Gasteiger partial charge in [0.15, 0.2) is 0 Å². The van der Waals surface area contributed by atoms with Crippen LogP contribution in [-0.4, -0.2) is 17.6 Å². The number of benzene rings is 1. The fourth-order valence-electron chi connectivity index (χ4n) is 2.11. The molecule has 0 spiro atoms. The molecule has 0 heterocycles. The van der Waals surface area contributed by atoms with Crippen LogP contribution in [0.5, 0.6) is 0 Å². The van der Waals surface area contributed by atoms with Crippen molar-refractivity contribution in [3.63, 3.8) is 0 Å². The maximum atomic E-state index is 10.7. The highest BCUT2D eigenvalue weighted by Gasteiger charge is 2.42. The van der Waals surface area contributed by atoms with Crippen molar-refractivity contribution in [3.8, 4) is 0 Å². The van der Waals surface area contributed by atoms with Gasteiger partial charge in [-0.25, -0.2) is 0 Å². The Morgan fingerprint density at radius 3 is 2.39 bits per heavy atom. The molecule has 98 valence electrons. The Labute approximate surface area is 108 Å². The van der Waals surface area contributed by atoms with Crippen molar-refractivity contribution < 1.29 is 9.90 Å². The van der Waals surface area contributed by atoms with E-state index in [2.05, 4.69) is 50.4 Å². The number of rotatable bonds is 4. The van der Waals surface area contributed by atoms with Gasteiger partial charge in [0.05, 0.1) is 5.92 Å². The minimum absolute atomic E-state index is 0.133. The molecule has 2 N–H and O–H groups in total. The highest BCUT2D eigenvalue weighted by Crippen LogP contribution is 2.38. The molecule has 3 heteroatoms. The Morgan fingerprint density at radius 2 is 1.94 bits per heavy atom. The molecule has 18 heavy (non-hydrogen) atoms. The summed E-state index contributed by atoms with van der Waals surface area (Å²) in [4.78, 5) is 10.7. The Kier molecular flexibility index (Phi) is 3.33. The second kappa shape index (κ2) is 4.63. The molecule has 1 saturated carbocycles. The van der Waals surface area contributed by atoms with Gasteiger partial charge in [0, 0.05) is 12.2 Å². The second-order valence-corrected chi connectivity index (χ2v) is 6.15. The second-order valence-electron chi connectivity index (χ2n) is 6.15. The van der Waals surface area contributed by atoms with Crippen LogP contribution in [0.15, 0.2) is 24.3 Å². The van der Waals surface area contributed by atoms with E-state index >= 15 is 0 Å². The van der Waals surface area contributed by atoms with Gasteiger partial charge in [-0.15, -0.1) is 0 Å². The maximum Gasteiger partial charge on any atom is 0.306 e. The normalized spacial score (nSPS) is 22.6. The van der Waals surface area contributed by atoms with Crippen molar-refractivity contribution in [2.45, 2.75) is 32.6 Å². The van der Waals surface area contributed by atoms with Crippen molar-refractivity contribution in [1.29, 1.82) is 0 Å². The van der Waals surface area contributed by atoms with Crippen LogP contribution in [0.25, 0.3) is 0 Å². The standard InChI is InChI=1S/C15H21NO2/c1-15(2,3)11-4-6-12(7-5-11)16-9-10-8-13(10)14(17)18/h4-7,10,13,16H,8-9H2,1-3H3,(H,17,18). The quantitative estimate of drug-likeness (QED) is 0.859. The van der Waals surface area contributed by atoms with Crippen LogP contribution in [0.2, 0.25) is 0 Å². The van der Waals surface area contributed by atoms with Gasteiger partial charge in [0.2, 0.25) is 0 Å². The zero-order chi connectivity index (χ0) is 13.3. The first-order valence-electron chi connectivity index (χ1n) is 6.45.